The van der Waals surface area contributed by atoms with Gasteiger partial charge in [0.1, 0.15) is 5.82 Å². The van der Waals surface area contributed by atoms with Crippen LogP contribution >= 0.6 is 0 Å². The smallest absolute Gasteiger partial charge is 0.251 e. The van der Waals surface area contributed by atoms with Crippen molar-refractivity contribution in [3.8, 4) is 0 Å². The number of anilines is 1. The first kappa shape index (κ1) is 16.5. The maximum absolute atomic E-state index is 13.6. The highest BCUT2D eigenvalue weighted by atomic mass is 19.1. The van der Waals surface area contributed by atoms with E-state index in [4.69, 9.17) is 0 Å². The molecule has 0 heterocycles. The molecule has 1 fully saturated rings. The molecule has 120 valence electrons. The Morgan fingerprint density at radius 1 is 1.27 bits per heavy atom. The van der Waals surface area contributed by atoms with Crippen molar-refractivity contribution in [2.24, 2.45) is 5.92 Å². The zero-order valence-corrected chi connectivity index (χ0v) is 13.3. The normalized spacial score (nSPS) is 24.6. The quantitative estimate of drug-likeness (QED) is 0.898. The van der Waals surface area contributed by atoms with Gasteiger partial charge in [0.25, 0.3) is 5.91 Å². The summed E-state index contributed by atoms with van der Waals surface area (Å²) in [6.07, 6.45) is 4.08. The molecule has 1 aromatic carbocycles. The Bertz CT molecular complexity index is 578. The van der Waals surface area contributed by atoms with E-state index in [1.165, 1.54) is 25.1 Å². The highest BCUT2D eigenvalue weighted by molar-refractivity contribution is 5.97. The minimum Gasteiger partial charge on any atom is -0.347 e. The van der Waals surface area contributed by atoms with Crippen LogP contribution in [-0.2, 0) is 4.79 Å². The van der Waals surface area contributed by atoms with Crippen molar-refractivity contribution in [2.75, 3.05) is 5.32 Å². The fraction of sp³-hybridized carbons (Fsp3) is 0.529. The third kappa shape index (κ3) is 4.06. The van der Waals surface area contributed by atoms with Crippen molar-refractivity contribution in [3.05, 3.63) is 29.6 Å². The average molecular weight is 306 g/mol. The second-order valence-electron chi connectivity index (χ2n) is 6.57. The van der Waals surface area contributed by atoms with Gasteiger partial charge in [0, 0.05) is 18.0 Å². The van der Waals surface area contributed by atoms with E-state index < -0.39 is 5.82 Å². The third-order valence-corrected chi connectivity index (χ3v) is 4.33. The van der Waals surface area contributed by atoms with Crippen molar-refractivity contribution in [1.29, 1.82) is 0 Å². The SMILES string of the molecule is CC(=O)Nc1cc(C(=O)NC2(C)CCC(C)CC2)ccc1F. The van der Waals surface area contributed by atoms with E-state index >= 15 is 0 Å². The number of carbonyl (C=O) groups excluding carboxylic acids is 2. The second-order valence-corrected chi connectivity index (χ2v) is 6.57. The molecule has 0 radical (unpaired) electrons. The Morgan fingerprint density at radius 2 is 1.91 bits per heavy atom. The molecule has 1 saturated carbocycles. The van der Waals surface area contributed by atoms with E-state index in [1.54, 1.807) is 0 Å². The van der Waals surface area contributed by atoms with E-state index in [9.17, 15) is 14.0 Å². The largest absolute Gasteiger partial charge is 0.347 e. The Morgan fingerprint density at radius 3 is 2.50 bits per heavy atom. The van der Waals surface area contributed by atoms with Crippen LogP contribution in [0, 0.1) is 11.7 Å². The molecule has 1 aromatic rings. The summed E-state index contributed by atoms with van der Waals surface area (Å²) in [5, 5.41) is 5.45. The van der Waals surface area contributed by atoms with Crippen LogP contribution in [0.25, 0.3) is 0 Å². The number of carbonyl (C=O) groups is 2. The van der Waals surface area contributed by atoms with Gasteiger partial charge in [0.15, 0.2) is 0 Å². The van der Waals surface area contributed by atoms with Gasteiger partial charge < -0.3 is 10.6 Å². The molecule has 2 rings (SSSR count). The monoisotopic (exact) mass is 306 g/mol. The molecule has 0 aromatic heterocycles. The van der Waals surface area contributed by atoms with Gasteiger partial charge in [0.2, 0.25) is 5.91 Å². The predicted molar refractivity (Wildman–Crippen MR) is 84.2 cm³/mol. The van der Waals surface area contributed by atoms with Crippen LogP contribution in [0.1, 0.15) is 56.8 Å². The average Bonchev–Trinajstić information content (AvgIpc) is 2.44. The van der Waals surface area contributed by atoms with E-state index in [0.29, 0.717) is 11.5 Å². The maximum atomic E-state index is 13.6. The summed E-state index contributed by atoms with van der Waals surface area (Å²) >= 11 is 0. The summed E-state index contributed by atoms with van der Waals surface area (Å²) in [4.78, 5) is 23.5. The molecule has 0 atom stereocenters. The van der Waals surface area contributed by atoms with Gasteiger partial charge in [-0.05, 0) is 56.7 Å². The highest BCUT2D eigenvalue weighted by Gasteiger charge is 2.31. The Kier molecular flexibility index (Phi) is 4.84. The fourth-order valence-corrected chi connectivity index (χ4v) is 2.82. The molecule has 2 N–H and O–H groups in total. The molecule has 0 unspecified atom stereocenters. The van der Waals surface area contributed by atoms with Gasteiger partial charge in [-0.2, -0.15) is 0 Å². The van der Waals surface area contributed by atoms with Crippen molar-refractivity contribution in [3.63, 3.8) is 0 Å². The Labute approximate surface area is 130 Å². The molecule has 0 bridgehead atoms. The van der Waals surface area contributed by atoms with Gasteiger partial charge in [0.05, 0.1) is 5.69 Å². The first-order chi connectivity index (χ1) is 10.3. The number of benzene rings is 1. The van der Waals surface area contributed by atoms with Crippen molar-refractivity contribution in [1.82, 2.24) is 5.32 Å². The van der Waals surface area contributed by atoms with Gasteiger partial charge in [-0.15, -0.1) is 0 Å². The third-order valence-electron chi connectivity index (χ3n) is 4.33. The Balaban J connectivity index is 2.11. The lowest BCUT2D eigenvalue weighted by Crippen LogP contribution is -2.48. The summed E-state index contributed by atoms with van der Waals surface area (Å²) in [6, 6.07) is 4.01. The summed E-state index contributed by atoms with van der Waals surface area (Å²) in [5.41, 5.74) is 0.166. The summed E-state index contributed by atoms with van der Waals surface area (Å²) in [5.74, 6) is -0.458. The molecule has 0 spiro atoms. The molecule has 0 saturated heterocycles. The van der Waals surface area contributed by atoms with Crippen LogP contribution in [0.4, 0.5) is 10.1 Å². The molecular formula is C17H23FN2O2. The molecule has 1 aliphatic rings. The molecular weight excluding hydrogens is 283 g/mol. The van der Waals surface area contributed by atoms with Crippen LogP contribution in [-0.4, -0.2) is 17.4 Å². The number of rotatable bonds is 3. The van der Waals surface area contributed by atoms with E-state index in [1.807, 2.05) is 0 Å². The molecule has 2 amide bonds. The summed E-state index contributed by atoms with van der Waals surface area (Å²) in [7, 11) is 0. The predicted octanol–water partition coefficient (Wildman–Crippen LogP) is 3.48. The number of hydrogen-bond acceptors (Lipinski definition) is 2. The highest BCUT2D eigenvalue weighted by Crippen LogP contribution is 2.31. The van der Waals surface area contributed by atoms with Crippen molar-refractivity contribution >= 4 is 17.5 Å². The van der Waals surface area contributed by atoms with Crippen molar-refractivity contribution < 1.29 is 14.0 Å². The lowest BCUT2D eigenvalue weighted by atomic mass is 9.78. The van der Waals surface area contributed by atoms with Crippen LogP contribution in [0.3, 0.4) is 0 Å². The van der Waals surface area contributed by atoms with Crippen LogP contribution in [0.15, 0.2) is 18.2 Å². The lowest BCUT2D eigenvalue weighted by Gasteiger charge is -2.37. The van der Waals surface area contributed by atoms with Crippen molar-refractivity contribution in [2.45, 2.75) is 52.0 Å². The standard InChI is InChI=1S/C17H23FN2O2/c1-11-6-8-17(3,9-7-11)20-16(22)13-4-5-14(18)15(10-13)19-12(2)21/h4-5,10-11H,6-9H2,1-3H3,(H,19,21)(H,20,22). The summed E-state index contributed by atoms with van der Waals surface area (Å²) < 4.78 is 13.6. The lowest BCUT2D eigenvalue weighted by molar-refractivity contribution is -0.114. The molecule has 5 heteroatoms. The fourth-order valence-electron chi connectivity index (χ4n) is 2.82. The molecule has 0 aliphatic heterocycles. The van der Waals surface area contributed by atoms with Crippen LogP contribution in [0.5, 0.6) is 0 Å². The van der Waals surface area contributed by atoms with Crippen LogP contribution in [0.2, 0.25) is 0 Å². The Hall–Kier alpha value is -1.91. The van der Waals surface area contributed by atoms with Gasteiger partial charge in [-0.25, -0.2) is 4.39 Å². The number of hydrogen-bond donors (Lipinski definition) is 2. The van der Waals surface area contributed by atoms with E-state index in [2.05, 4.69) is 24.5 Å². The zero-order valence-electron chi connectivity index (χ0n) is 13.3. The number of nitrogens with one attached hydrogen (secondary N) is 2. The first-order valence-corrected chi connectivity index (χ1v) is 7.69. The maximum Gasteiger partial charge on any atom is 0.251 e. The molecule has 4 nitrogen and oxygen atoms in total. The van der Waals surface area contributed by atoms with Crippen LogP contribution < -0.4 is 10.6 Å². The van der Waals surface area contributed by atoms with E-state index in [0.717, 1.165) is 25.7 Å². The topological polar surface area (TPSA) is 58.2 Å². The van der Waals surface area contributed by atoms with Gasteiger partial charge >= 0.3 is 0 Å². The first-order valence-electron chi connectivity index (χ1n) is 7.69. The molecule has 22 heavy (non-hydrogen) atoms. The van der Waals surface area contributed by atoms with Gasteiger partial charge in [-0.1, -0.05) is 6.92 Å². The van der Waals surface area contributed by atoms with E-state index in [-0.39, 0.29) is 23.0 Å². The zero-order chi connectivity index (χ0) is 16.3. The number of halogens is 1. The minimum absolute atomic E-state index is 0.0302. The van der Waals surface area contributed by atoms with Gasteiger partial charge in [-0.3, -0.25) is 9.59 Å². The minimum atomic E-state index is -0.551. The molecule has 1 aliphatic carbocycles. The summed E-state index contributed by atoms with van der Waals surface area (Å²) in [6.45, 7) is 5.58. The second kappa shape index (κ2) is 6.46. The number of amides is 2.